The molecule has 1 aromatic heterocycles. The van der Waals surface area contributed by atoms with Crippen LogP contribution in [0.4, 0.5) is 4.39 Å². The summed E-state index contributed by atoms with van der Waals surface area (Å²) < 4.78 is 18.7. The minimum Gasteiger partial charge on any atom is -0.377 e. The molecule has 3 rings (SSSR count). The lowest BCUT2D eigenvalue weighted by Crippen LogP contribution is -2.46. The number of hydrogen-bond donors (Lipinski definition) is 1. The van der Waals surface area contributed by atoms with E-state index >= 15 is 0 Å². The van der Waals surface area contributed by atoms with Gasteiger partial charge in [-0.25, -0.2) is 9.37 Å². The molecule has 0 saturated carbocycles. The summed E-state index contributed by atoms with van der Waals surface area (Å²) in [6.45, 7) is 0.654. The van der Waals surface area contributed by atoms with Gasteiger partial charge in [-0.3, -0.25) is 0 Å². The van der Waals surface area contributed by atoms with Crippen LogP contribution in [0.2, 0.25) is 0 Å². The first-order valence-corrected chi connectivity index (χ1v) is 5.54. The van der Waals surface area contributed by atoms with Crippen LogP contribution in [-0.2, 0) is 10.2 Å². The van der Waals surface area contributed by atoms with Gasteiger partial charge in [-0.15, -0.1) is 0 Å². The standard InChI is InChI=1S/C13H10FN3O/c14-10-4-2-1-3-9(10)11-5-16-12(17-11)13(6-15)7-18-8-13/h1-5H,7-8H2,(H,16,17). The predicted octanol–water partition coefficient (Wildman–Crippen LogP) is 2.01. The van der Waals surface area contributed by atoms with Gasteiger partial charge in [-0.2, -0.15) is 5.26 Å². The van der Waals surface area contributed by atoms with E-state index in [-0.39, 0.29) is 5.82 Å². The minimum atomic E-state index is -0.705. The molecule has 2 heterocycles. The number of imidazole rings is 1. The SMILES string of the molecule is N#CC1(c2ncc(-c3ccccc3F)[nH]2)COC1. The van der Waals surface area contributed by atoms with E-state index in [1.54, 1.807) is 24.4 Å². The molecule has 18 heavy (non-hydrogen) atoms. The number of rotatable bonds is 2. The van der Waals surface area contributed by atoms with Crippen LogP contribution in [0.25, 0.3) is 11.3 Å². The summed E-state index contributed by atoms with van der Waals surface area (Å²) in [4.78, 5) is 7.18. The highest BCUT2D eigenvalue weighted by molar-refractivity contribution is 5.59. The fourth-order valence-corrected chi connectivity index (χ4v) is 1.94. The molecule has 90 valence electrons. The van der Waals surface area contributed by atoms with Crippen molar-refractivity contribution in [3.8, 4) is 17.3 Å². The normalized spacial score (nSPS) is 16.9. The molecule has 5 heteroatoms. The summed E-state index contributed by atoms with van der Waals surface area (Å²) in [5.41, 5.74) is 0.318. The first kappa shape index (κ1) is 10.9. The van der Waals surface area contributed by atoms with Gasteiger partial charge in [0.05, 0.1) is 31.2 Å². The van der Waals surface area contributed by atoms with E-state index in [2.05, 4.69) is 16.0 Å². The van der Waals surface area contributed by atoms with Crippen LogP contribution in [0.5, 0.6) is 0 Å². The Hall–Kier alpha value is -2.19. The molecular formula is C13H10FN3O. The first-order chi connectivity index (χ1) is 8.75. The zero-order valence-electron chi connectivity index (χ0n) is 9.48. The van der Waals surface area contributed by atoms with Gasteiger partial charge in [-0.1, -0.05) is 12.1 Å². The third-order valence-corrected chi connectivity index (χ3v) is 3.10. The summed E-state index contributed by atoms with van der Waals surface area (Å²) in [7, 11) is 0. The summed E-state index contributed by atoms with van der Waals surface area (Å²) in [6.07, 6.45) is 1.55. The Kier molecular flexibility index (Phi) is 2.39. The molecule has 0 spiro atoms. The van der Waals surface area contributed by atoms with E-state index in [1.807, 2.05) is 0 Å². The zero-order valence-corrected chi connectivity index (χ0v) is 9.48. The Labute approximate surface area is 103 Å². The Morgan fingerprint density at radius 2 is 2.17 bits per heavy atom. The fourth-order valence-electron chi connectivity index (χ4n) is 1.94. The molecule has 0 aliphatic carbocycles. The Morgan fingerprint density at radius 1 is 1.39 bits per heavy atom. The monoisotopic (exact) mass is 243 g/mol. The van der Waals surface area contributed by atoms with E-state index in [9.17, 15) is 4.39 Å². The number of aromatic amines is 1. The van der Waals surface area contributed by atoms with Crippen molar-refractivity contribution in [3.63, 3.8) is 0 Å². The van der Waals surface area contributed by atoms with Crippen molar-refractivity contribution >= 4 is 0 Å². The van der Waals surface area contributed by atoms with Crippen LogP contribution in [0.1, 0.15) is 5.82 Å². The zero-order chi connectivity index (χ0) is 12.6. The molecule has 0 radical (unpaired) electrons. The summed E-state index contributed by atoms with van der Waals surface area (Å²) in [6, 6.07) is 8.65. The van der Waals surface area contributed by atoms with Gasteiger partial charge in [0.2, 0.25) is 0 Å². The lowest BCUT2D eigenvalue weighted by atomic mass is 9.87. The number of halogens is 1. The smallest absolute Gasteiger partial charge is 0.161 e. The van der Waals surface area contributed by atoms with Crippen LogP contribution in [0.15, 0.2) is 30.5 Å². The van der Waals surface area contributed by atoms with Gasteiger partial charge in [0.25, 0.3) is 0 Å². The minimum absolute atomic E-state index is 0.316. The molecule has 1 aromatic carbocycles. The van der Waals surface area contributed by atoms with Crippen LogP contribution in [-0.4, -0.2) is 23.2 Å². The van der Waals surface area contributed by atoms with E-state index in [4.69, 9.17) is 10.00 Å². The van der Waals surface area contributed by atoms with Gasteiger partial charge in [0, 0.05) is 5.56 Å². The van der Waals surface area contributed by atoms with Crippen LogP contribution >= 0.6 is 0 Å². The molecule has 0 atom stereocenters. The number of nitrogens with one attached hydrogen (secondary N) is 1. The molecular weight excluding hydrogens is 233 g/mol. The molecule has 4 nitrogen and oxygen atoms in total. The Morgan fingerprint density at radius 3 is 2.78 bits per heavy atom. The number of hydrogen-bond acceptors (Lipinski definition) is 3. The molecule has 1 aliphatic rings. The van der Waals surface area contributed by atoms with Crippen molar-refractivity contribution < 1.29 is 9.13 Å². The lowest BCUT2D eigenvalue weighted by Gasteiger charge is -2.32. The largest absolute Gasteiger partial charge is 0.377 e. The van der Waals surface area contributed by atoms with Crippen molar-refractivity contribution in [2.24, 2.45) is 0 Å². The fraction of sp³-hybridized carbons (Fsp3) is 0.231. The average Bonchev–Trinajstić information content (AvgIpc) is 2.79. The maximum Gasteiger partial charge on any atom is 0.161 e. The van der Waals surface area contributed by atoms with Gasteiger partial charge in [-0.05, 0) is 12.1 Å². The Balaban J connectivity index is 2.00. The van der Waals surface area contributed by atoms with E-state index in [1.165, 1.54) is 6.07 Å². The maximum absolute atomic E-state index is 13.6. The van der Waals surface area contributed by atoms with Crippen LogP contribution in [0.3, 0.4) is 0 Å². The quantitative estimate of drug-likeness (QED) is 0.877. The van der Waals surface area contributed by atoms with Crippen LogP contribution < -0.4 is 0 Å². The topological polar surface area (TPSA) is 61.7 Å². The van der Waals surface area contributed by atoms with Gasteiger partial charge >= 0.3 is 0 Å². The molecule has 0 amide bonds. The molecule has 1 saturated heterocycles. The van der Waals surface area contributed by atoms with Crippen molar-refractivity contribution in [3.05, 3.63) is 42.1 Å². The molecule has 1 N–H and O–H groups in total. The number of nitrogens with zero attached hydrogens (tertiary/aromatic N) is 2. The van der Waals surface area contributed by atoms with Gasteiger partial charge < -0.3 is 9.72 Å². The lowest BCUT2D eigenvalue weighted by molar-refractivity contribution is -0.0335. The highest BCUT2D eigenvalue weighted by atomic mass is 19.1. The maximum atomic E-state index is 13.6. The number of H-pyrrole nitrogens is 1. The predicted molar refractivity (Wildman–Crippen MR) is 62.1 cm³/mol. The van der Waals surface area contributed by atoms with E-state index in [0.29, 0.717) is 30.3 Å². The highest BCUT2D eigenvalue weighted by Gasteiger charge is 2.43. The van der Waals surface area contributed by atoms with Crippen molar-refractivity contribution in [1.29, 1.82) is 5.26 Å². The molecule has 0 bridgehead atoms. The number of ether oxygens (including phenoxy) is 1. The van der Waals surface area contributed by atoms with E-state index in [0.717, 1.165) is 0 Å². The number of benzene rings is 1. The third kappa shape index (κ3) is 1.50. The second-order valence-corrected chi connectivity index (χ2v) is 4.31. The second kappa shape index (κ2) is 3.93. The van der Waals surface area contributed by atoms with Gasteiger partial charge in [0.1, 0.15) is 11.6 Å². The van der Waals surface area contributed by atoms with Crippen LogP contribution in [0, 0.1) is 17.1 Å². The Bertz CT molecular complexity index is 625. The van der Waals surface area contributed by atoms with Crippen molar-refractivity contribution in [1.82, 2.24) is 9.97 Å². The van der Waals surface area contributed by atoms with E-state index < -0.39 is 5.41 Å². The average molecular weight is 243 g/mol. The van der Waals surface area contributed by atoms with Crippen molar-refractivity contribution in [2.75, 3.05) is 13.2 Å². The molecule has 1 fully saturated rings. The number of nitriles is 1. The summed E-state index contributed by atoms with van der Waals surface area (Å²) in [5.74, 6) is 0.220. The van der Waals surface area contributed by atoms with Gasteiger partial charge in [0.15, 0.2) is 5.41 Å². The molecule has 0 unspecified atom stereocenters. The summed E-state index contributed by atoms with van der Waals surface area (Å²) >= 11 is 0. The second-order valence-electron chi connectivity index (χ2n) is 4.31. The van der Waals surface area contributed by atoms with Crippen molar-refractivity contribution in [2.45, 2.75) is 5.41 Å². The third-order valence-electron chi connectivity index (χ3n) is 3.10. The molecule has 2 aromatic rings. The molecule has 1 aliphatic heterocycles. The first-order valence-electron chi connectivity index (χ1n) is 5.54. The number of aromatic nitrogens is 2. The summed E-state index contributed by atoms with van der Waals surface area (Å²) in [5, 5.41) is 9.16. The highest BCUT2D eigenvalue weighted by Crippen LogP contribution is 2.31.